The molecule has 1 N–H and O–H groups in total. The summed E-state index contributed by atoms with van der Waals surface area (Å²) in [5.74, 6) is 0. The summed E-state index contributed by atoms with van der Waals surface area (Å²) in [5.41, 5.74) is 1.15. The Morgan fingerprint density at radius 1 is 1.50 bits per heavy atom. The van der Waals surface area contributed by atoms with Crippen molar-refractivity contribution >= 4 is 0 Å². The number of ether oxygens (including phenoxy) is 1. The van der Waals surface area contributed by atoms with E-state index in [1.165, 1.54) is 12.8 Å². The first kappa shape index (κ1) is 11.5. The van der Waals surface area contributed by atoms with Gasteiger partial charge in [0.05, 0.1) is 6.61 Å². The monoisotopic (exact) mass is 195 g/mol. The maximum absolute atomic E-state index is 5.46. The molecule has 0 amide bonds. The molecule has 2 nitrogen and oxygen atoms in total. The standard InChI is InChI=1S/C12H21NO/c1-3-4-5-8-14-10-11(2)9-13-12-6-7-12/h3,12-13H,1-2,4-10H2. The van der Waals surface area contributed by atoms with Gasteiger partial charge < -0.3 is 10.1 Å². The van der Waals surface area contributed by atoms with Crippen molar-refractivity contribution in [1.82, 2.24) is 5.32 Å². The van der Waals surface area contributed by atoms with Gasteiger partial charge in [0.2, 0.25) is 0 Å². The van der Waals surface area contributed by atoms with Gasteiger partial charge in [0.1, 0.15) is 0 Å². The first-order chi connectivity index (χ1) is 6.83. The molecule has 0 saturated heterocycles. The van der Waals surface area contributed by atoms with Gasteiger partial charge in [-0.25, -0.2) is 0 Å². The molecule has 0 aromatic rings. The van der Waals surface area contributed by atoms with Gasteiger partial charge >= 0.3 is 0 Å². The Labute approximate surface area is 87.0 Å². The molecule has 0 aromatic carbocycles. The Balaban J connectivity index is 1.84. The van der Waals surface area contributed by atoms with E-state index >= 15 is 0 Å². The summed E-state index contributed by atoms with van der Waals surface area (Å²) >= 11 is 0. The molecular formula is C12H21NO. The summed E-state index contributed by atoms with van der Waals surface area (Å²) in [6, 6.07) is 0.757. The third kappa shape index (κ3) is 5.95. The molecule has 1 saturated carbocycles. The lowest BCUT2D eigenvalue weighted by Crippen LogP contribution is -2.20. The SMILES string of the molecule is C=CCCCOCC(=C)CNC1CC1. The Bertz CT molecular complexity index is 185. The molecule has 0 aromatic heterocycles. The second kappa shape index (κ2) is 6.80. The van der Waals surface area contributed by atoms with E-state index in [-0.39, 0.29) is 0 Å². The van der Waals surface area contributed by atoms with Crippen LogP contribution in [0, 0.1) is 0 Å². The van der Waals surface area contributed by atoms with Crippen LogP contribution in [0.25, 0.3) is 0 Å². The lowest BCUT2D eigenvalue weighted by molar-refractivity contribution is 0.153. The molecule has 0 radical (unpaired) electrons. The first-order valence-corrected chi connectivity index (χ1v) is 5.41. The van der Waals surface area contributed by atoms with Crippen LogP contribution in [0.4, 0.5) is 0 Å². The number of unbranched alkanes of at least 4 members (excludes halogenated alkanes) is 1. The fraction of sp³-hybridized carbons (Fsp3) is 0.667. The molecule has 14 heavy (non-hydrogen) atoms. The van der Waals surface area contributed by atoms with Gasteiger partial charge in [0, 0.05) is 19.2 Å². The first-order valence-electron chi connectivity index (χ1n) is 5.41. The fourth-order valence-corrected chi connectivity index (χ4v) is 1.17. The highest BCUT2D eigenvalue weighted by Crippen LogP contribution is 2.18. The van der Waals surface area contributed by atoms with E-state index in [1.54, 1.807) is 0 Å². The molecule has 1 fully saturated rings. The number of rotatable bonds is 9. The maximum Gasteiger partial charge on any atom is 0.0686 e. The predicted octanol–water partition coefficient (Wildman–Crippen LogP) is 2.28. The van der Waals surface area contributed by atoms with Gasteiger partial charge in [0.25, 0.3) is 0 Å². The smallest absolute Gasteiger partial charge is 0.0686 e. The quantitative estimate of drug-likeness (QED) is 0.450. The zero-order valence-electron chi connectivity index (χ0n) is 8.93. The summed E-state index contributed by atoms with van der Waals surface area (Å²) in [5, 5.41) is 3.41. The number of hydrogen-bond donors (Lipinski definition) is 1. The van der Waals surface area contributed by atoms with Crippen molar-refractivity contribution < 1.29 is 4.74 Å². The van der Waals surface area contributed by atoms with Crippen LogP contribution in [0.1, 0.15) is 25.7 Å². The van der Waals surface area contributed by atoms with Crippen molar-refractivity contribution in [3.63, 3.8) is 0 Å². The predicted molar refractivity (Wildman–Crippen MR) is 60.4 cm³/mol. The molecule has 0 spiro atoms. The number of nitrogens with one attached hydrogen (secondary N) is 1. The normalized spacial score (nSPS) is 15.4. The second-order valence-electron chi connectivity index (χ2n) is 3.89. The van der Waals surface area contributed by atoms with E-state index in [1.807, 2.05) is 6.08 Å². The van der Waals surface area contributed by atoms with Gasteiger partial charge in [0.15, 0.2) is 0 Å². The molecule has 1 aliphatic carbocycles. The maximum atomic E-state index is 5.46. The molecule has 80 valence electrons. The molecule has 2 heteroatoms. The van der Waals surface area contributed by atoms with Crippen LogP contribution in [-0.4, -0.2) is 25.8 Å². The largest absolute Gasteiger partial charge is 0.377 e. The minimum Gasteiger partial charge on any atom is -0.377 e. The Kier molecular flexibility index (Phi) is 5.57. The molecule has 0 atom stereocenters. The number of hydrogen-bond acceptors (Lipinski definition) is 2. The van der Waals surface area contributed by atoms with Gasteiger partial charge in [-0.05, 0) is 31.3 Å². The molecule has 0 heterocycles. The van der Waals surface area contributed by atoms with Crippen molar-refractivity contribution in [3.05, 3.63) is 24.8 Å². The van der Waals surface area contributed by atoms with Crippen molar-refractivity contribution in [2.24, 2.45) is 0 Å². The second-order valence-corrected chi connectivity index (χ2v) is 3.89. The van der Waals surface area contributed by atoms with Crippen molar-refractivity contribution in [2.75, 3.05) is 19.8 Å². The molecule has 1 aliphatic rings. The summed E-state index contributed by atoms with van der Waals surface area (Å²) in [6.07, 6.45) is 6.67. The third-order valence-corrected chi connectivity index (χ3v) is 2.22. The Hall–Kier alpha value is -0.600. The van der Waals surface area contributed by atoms with E-state index < -0.39 is 0 Å². The fourth-order valence-electron chi connectivity index (χ4n) is 1.17. The van der Waals surface area contributed by atoms with Crippen LogP contribution in [0.2, 0.25) is 0 Å². The van der Waals surface area contributed by atoms with Crippen LogP contribution >= 0.6 is 0 Å². The van der Waals surface area contributed by atoms with E-state index in [0.29, 0.717) is 6.61 Å². The molecule has 1 rings (SSSR count). The van der Waals surface area contributed by atoms with Gasteiger partial charge in [-0.2, -0.15) is 0 Å². The van der Waals surface area contributed by atoms with Gasteiger partial charge in [-0.15, -0.1) is 6.58 Å². The topological polar surface area (TPSA) is 21.3 Å². The van der Waals surface area contributed by atoms with Crippen LogP contribution in [-0.2, 0) is 4.74 Å². The number of allylic oxidation sites excluding steroid dienone is 1. The summed E-state index contributed by atoms with van der Waals surface area (Å²) in [7, 11) is 0. The Morgan fingerprint density at radius 2 is 2.29 bits per heavy atom. The molecule has 0 aliphatic heterocycles. The highest BCUT2D eigenvalue weighted by molar-refractivity contribution is 4.99. The zero-order valence-corrected chi connectivity index (χ0v) is 8.93. The Morgan fingerprint density at radius 3 is 2.93 bits per heavy atom. The highest BCUT2D eigenvalue weighted by atomic mass is 16.5. The van der Waals surface area contributed by atoms with Crippen molar-refractivity contribution in [1.29, 1.82) is 0 Å². The lowest BCUT2D eigenvalue weighted by atomic mass is 10.3. The average Bonchev–Trinajstić information content (AvgIpc) is 2.98. The highest BCUT2D eigenvalue weighted by Gasteiger charge is 2.19. The van der Waals surface area contributed by atoms with Crippen molar-refractivity contribution in [2.45, 2.75) is 31.7 Å². The summed E-state index contributed by atoms with van der Waals surface area (Å²) in [4.78, 5) is 0. The van der Waals surface area contributed by atoms with Crippen LogP contribution in [0.5, 0.6) is 0 Å². The van der Waals surface area contributed by atoms with E-state index in [0.717, 1.165) is 37.6 Å². The van der Waals surface area contributed by atoms with Crippen LogP contribution in [0.3, 0.4) is 0 Å². The molecule has 0 unspecified atom stereocenters. The molecular weight excluding hydrogens is 174 g/mol. The van der Waals surface area contributed by atoms with Gasteiger partial charge in [-0.3, -0.25) is 0 Å². The van der Waals surface area contributed by atoms with Crippen molar-refractivity contribution in [3.8, 4) is 0 Å². The lowest BCUT2D eigenvalue weighted by Gasteiger charge is -2.07. The van der Waals surface area contributed by atoms with E-state index in [4.69, 9.17) is 4.74 Å². The van der Waals surface area contributed by atoms with E-state index in [2.05, 4.69) is 18.5 Å². The van der Waals surface area contributed by atoms with Crippen LogP contribution < -0.4 is 5.32 Å². The average molecular weight is 195 g/mol. The summed E-state index contributed by atoms with van der Waals surface area (Å²) in [6.45, 7) is 10.0. The molecule has 0 bridgehead atoms. The minimum atomic E-state index is 0.691. The summed E-state index contributed by atoms with van der Waals surface area (Å²) < 4.78 is 5.46. The van der Waals surface area contributed by atoms with Gasteiger partial charge in [-0.1, -0.05) is 12.7 Å². The van der Waals surface area contributed by atoms with Crippen LogP contribution in [0.15, 0.2) is 24.8 Å². The third-order valence-electron chi connectivity index (χ3n) is 2.22. The van der Waals surface area contributed by atoms with E-state index in [9.17, 15) is 0 Å². The zero-order chi connectivity index (χ0) is 10.2. The minimum absolute atomic E-state index is 0.691.